The summed E-state index contributed by atoms with van der Waals surface area (Å²) in [6.07, 6.45) is -4.42. The lowest BCUT2D eigenvalue weighted by Gasteiger charge is -2.16. The number of hydrogen-bond acceptors (Lipinski definition) is 3. The Kier molecular flexibility index (Phi) is 8.50. The maximum absolute atomic E-state index is 13.1. The molecule has 0 saturated heterocycles. The normalized spacial score (nSPS) is 11.4. The molecule has 53 heavy (non-hydrogen) atoms. The maximum Gasteiger partial charge on any atom is 0.416 e. The van der Waals surface area contributed by atoms with Gasteiger partial charge in [0, 0.05) is 38.9 Å². The molecular formula is C47H24F3NO2. The van der Waals surface area contributed by atoms with Crippen molar-refractivity contribution in [3.63, 3.8) is 0 Å². The van der Waals surface area contributed by atoms with E-state index >= 15 is 0 Å². The van der Waals surface area contributed by atoms with Gasteiger partial charge in [-0.25, -0.2) is 0 Å². The first kappa shape index (κ1) is 32.8. The van der Waals surface area contributed by atoms with Crippen molar-refractivity contribution in [2.45, 2.75) is 6.18 Å². The quantitative estimate of drug-likeness (QED) is 0.149. The Morgan fingerprint density at radius 2 is 1.04 bits per heavy atom. The van der Waals surface area contributed by atoms with Crippen LogP contribution >= 0.6 is 0 Å². The highest BCUT2D eigenvalue weighted by atomic mass is 19.4. The van der Waals surface area contributed by atoms with Gasteiger partial charge in [0.2, 0.25) is 6.79 Å². The van der Waals surface area contributed by atoms with E-state index in [4.69, 9.17) is 9.47 Å². The first-order chi connectivity index (χ1) is 25.8. The molecule has 1 aliphatic rings. The molecule has 0 N–H and O–H groups in total. The highest BCUT2D eigenvalue weighted by Gasteiger charge is 2.30. The molecule has 0 amide bonds. The predicted octanol–water partition coefficient (Wildman–Crippen LogP) is 10.5. The van der Waals surface area contributed by atoms with E-state index in [9.17, 15) is 18.4 Å². The zero-order valence-corrected chi connectivity index (χ0v) is 27.8. The van der Waals surface area contributed by atoms with Gasteiger partial charge in [0.1, 0.15) is 11.5 Å². The second kappa shape index (κ2) is 13.7. The van der Waals surface area contributed by atoms with Gasteiger partial charge >= 0.3 is 6.18 Å². The van der Waals surface area contributed by atoms with Crippen LogP contribution in [0.15, 0.2) is 133 Å². The van der Waals surface area contributed by atoms with Crippen LogP contribution in [0.4, 0.5) is 13.2 Å². The van der Waals surface area contributed by atoms with Crippen LogP contribution < -0.4 is 9.47 Å². The summed E-state index contributed by atoms with van der Waals surface area (Å²) in [5, 5.41) is 12.9. The smallest absolute Gasteiger partial charge is 0.416 e. The third kappa shape index (κ3) is 6.87. The zero-order chi connectivity index (χ0) is 36.4. The summed E-state index contributed by atoms with van der Waals surface area (Å²) in [4.78, 5) is 0. The van der Waals surface area contributed by atoms with E-state index in [1.165, 1.54) is 12.1 Å². The van der Waals surface area contributed by atoms with E-state index in [1.54, 1.807) is 24.3 Å². The van der Waals surface area contributed by atoms with E-state index in [2.05, 4.69) is 47.7 Å². The van der Waals surface area contributed by atoms with E-state index in [-0.39, 0.29) is 6.79 Å². The van der Waals surface area contributed by atoms with Crippen molar-refractivity contribution >= 4 is 21.5 Å². The van der Waals surface area contributed by atoms with Gasteiger partial charge in [-0.1, -0.05) is 71.9 Å². The highest BCUT2D eigenvalue weighted by molar-refractivity contribution is 6.11. The van der Waals surface area contributed by atoms with E-state index in [1.807, 2.05) is 78.9 Å². The average Bonchev–Trinajstić information content (AvgIpc) is 3.39. The molecule has 7 aromatic rings. The average molecular weight is 692 g/mol. The van der Waals surface area contributed by atoms with Gasteiger partial charge in [0.25, 0.3) is 0 Å². The number of nitriles is 1. The van der Waals surface area contributed by atoms with Crippen molar-refractivity contribution < 1.29 is 22.6 Å². The zero-order valence-electron chi connectivity index (χ0n) is 27.8. The maximum atomic E-state index is 13.1. The van der Waals surface area contributed by atoms with Crippen LogP contribution in [0.1, 0.15) is 44.5 Å². The Morgan fingerprint density at radius 3 is 1.70 bits per heavy atom. The molecule has 0 spiro atoms. The van der Waals surface area contributed by atoms with Crippen LogP contribution in [0.3, 0.4) is 0 Å². The van der Waals surface area contributed by atoms with Crippen molar-refractivity contribution in [1.82, 2.24) is 0 Å². The van der Waals surface area contributed by atoms with Crippen molar-refractivity contribution in [3.05, 3.63) is 178 Å². The van der Waals surface area contributed by atoms with E-state index in [0.717, 1.165) is 61.5 Å². The molecule has 0 fully saturated rings. The van der Waals surface area contributed by atoms with Crippen LogP contribution in [-0.4, -0.2) is 6.79 Å². The minimum absolute atomic E-state index is 0.0279. The lowest BCUT2D eigenvalue weighted by molar-refractivity contribution is -0.137. The summed E-state index contributed by atoms with van der Waals surface area (Å²) < 4.78 is 51.8. The number of benzene rings is 7. The number of alkyl halides is 3. The van der Waals surface area contributed by atoms with Gasteiger partial charge < -0.3 is 9.47 Å². The molecular weight excluding hydrogens is 668 g/mol. The fraction of sp³-hybridized carbons (Fsp3) is 0.0426. The lowest BCUT2D eigenvalue weighted by atomic mass is 9.89. The third-order valence-corrected chi connectivity index (χ3v) is 8.79. The molecule has 0 aliphatic carbocycles. The van der Waals surface area contributed by atoms with Crippen LogP contribution in [0, 0.1) is 46.9 Å². The topological polar surface area (TPSA) is 42.2 Å². The summed E-state index contributed by atoms with van der Waals surface area (Å²) in [5.41, 5.74) is 5.79. The molecule has 1 heterocycles. The second-order valence-electron chi connectivity index (χ2n) is 12.2. The van der Waals surface area contributed by atoms with Gasteiger partial charge in [-0.3, -0.25) is 0 Å². The SMILES string of the molecule is N#Cc1ccc(C#Cc2cc3cc(C#Cc4ccc(C(F)(F)F)cc4)ccc3c3c2OCOc2ccc4cc(C#Cc5ccccc5)ccc4c2-3)cc1. The predicted molar refractivity (Wildman–Crippen MR) is 200 cm³/mol. The number of halogens is 3. The minimum Gasteiger partial charge on any atom is -0.457 e. The first-order valence-electron chi connectivity index (χ1n) is 16.5. The summed E-state index contributed by atoms with van der Waals surface area (Å²) in [5.74, 6) is 20.4. The van der Waals surface area contributed by atoms with Gasteiger partial charge in [-0.2, -0.15) is 18.4 Å². The number of ether oxygens (including phenoxy) is 2. The van der Waals surface area contributed by atoms with Gasteiger partial charge in [-0.15, -0.1) is 0 Å². The van der Waals surface area contributed by atoms with Crippen LogP contribution in [0.25, 0.3) is 32.7 Å². The van der Waals surface area contributed by atoms with E-state index in [0.29, 0.717) is 33.8 Å². The fourth-order valence-electron chi connectivity index (χ4n) is 6.19. The van der Waals surface area contributed by atoms with Crippen molar-refractivity contribution in [2.24, 2.45) is 0 Å². The Morgan fingerprint density at radius 1 is 0.491 bits per heavy atom. The summed E-state index contributed by atoms with van der Waals surface area (Å²) in [7, 11) is 0. The van der Waals surface area contributed by atoms with E-state index < -0.39 is 11.7 Å². The highest BCUT2D eigenvalue weighted by Crippen LogP contribution is 2.48. The molecule has 0 aromatic heterocycles. The second-order valence-corrected chi connectivity index (χ2v) is 12.2. The summed E-state index contributed by atoms with van der Waals surface area (Å²) >= 11 is 0. The molecule has 8 rings (SSSR count). The summed E-state index contributed by atoms with van der Waals surface area (Å²) in [6, 6.07) is 41.6. The van der Waals surface area contributed by atoms with Crippen LogP contribution in [0.2, 0.25) is 0 Å². The molecule has 6 heteroatoms. The summed E-state index contributed by atoms with van der Waals surface area (Å²) in [6.45, 7) is -0.0279. The molecule has 3 nitrogen and oxygen atoms in total. The van der Waals surface area contributed by atoms with Gasteiger partial charge in [0.15, 0.2) is 0 Å². The number of nitrogens with zero attached hydrogens (tertiary/aromatic N) is 1. The molecule has 1 aliphatic heterocycles. The Labute approximate surface area is 303 Å². The Balaban J connectivity index is 1.29. The molecule has 0 atom stereocenters. The van der Waals surface area contributed by atoms with Crippen molar-refractivity contribution in [1.29, 1.82) is 5.26 Å². The Hall–Kier alpha value is -7.38. The number of hydrogen-bond donors (Lipinski definition) is 0. The van der Waals surface area contributed by atoms with Crippen LogP contribution in [-0.2, 0) is 6.18 Å². The Bertz CT molecular complexity index is 2800. The standard InChI is InChI=1S/C47H24F3NO2/c48-47(49,50)40-21-15-33(16-22-40)7-11-35-18-24-42-39(27-35)28-38(19-14-32-8-12-36(29-51)13-9-32)46-45(42)44-41-23-17-34(10-6-31-4-2-1-3-5-31)26-37(41)20-25-43(44)52-30-53-46/h1-5,8-9,12-13,15-18,20-28H,30H2. The van der Waals surface area contributed by atoms with Gasteiger partial charge in [-0.05, 0) is 119 Å². The lowest BCUT2D eigenvalue weighted by Crippen LogP contribution is -2.04. The first-order valence-corrected chi connectivity index (χ1v) is 16.5. The van der Waals surface area contributed by atoms with Gasteiger partial charge in [0.05, 0.1) is 22.8 Å². The largest absolute Gasteiger partial charge is 0.457 e. The number of rotatable bonds is 0. The molecule has 7 aromatic carbocycles. The fourth-order valence-corrected chi connectivity index (χ4v) is 6.19. The minimum atomic E-state index is -4.42. The van der Waals surface area contributed by atoms with Crippen LogP contribution in [0.5, 0.6) is 11.5 Å². The monoisotopic (exact) mass is 691 g/mol. The molecule has 0 bridgehead atoms. The molecule has 0 radical (unpaired) electrons. The van der Waals surface area contributed by atoms with Crippen molar-refractivity contribution in [2.75, 3.05) is 6.79 Å². The molecule has 0 saturated carbocycles. The van der Waals surface area contributed by atoms with Crippen molar-refractivity contribution in [3.8, 4) is 64.2 Å². The number of fused-ring (bicyclic) bond motifs is 7. The molecule has 250 valence electrons. The third-order valence-electron chi connectivity index (χ3n) is 8.79. The molecule has 0 unspecified atom stereocenters.